The van der Waals surface area contributed by atoms with Crippen molar-refractivity contribution >= 4 is 23.8 Å². The van der Waals surface area contributed by atoms with Gasteiger partial charge >= 0.3 is 11.9 Å². The van der Waals surface area contributed by atoms with Gasteiger partial charge in [0.1, 0.15) is 12.6 Å². The fourth-order valence-electron chi connectivity index (χ4n) is 2.10. The number of hydrogen-bond donors (Lipinski definition) is 2. The predicted octanol–water partition coefficient (Wildman–Crippen LogP) is 0.679. The highest BCUT2D eigenvalue weighted by Crippen LogP contribution is 2.08. The SMILES string of the molecule is COC(=O)CC(C)C(=O)N[C@@H](CCC(N)=O)C(=O)OCc1ccccc1. The lowest BCUT2D eigenvalue weighted by Crippen LogP contribution is -2.44. The lowest BCUT2D eigenvalue weighted by atomic mass is 10.1. The molecule has 0 bridgehead atoms. The van der Waals surface area contributed by atoms with Gasteiger partial charge in [0.25, 0.3) is 0 Å². The van der Waals surface area contributed by atoms with E-state index < -0.39 is 35.7 Å². The Bertz CT molecular complexity index is 632. The molecule has 142 valence electrons. The maximum atomic E-state index is 12.3. The average molecular weight is 364 g/mol. The minimum Gasteiger partial charge on any atom is -0.469 e. The van der Waals surface area contributed by atoms with E-state index in [0.717, 1.165) is 5.56 Å². The minimum absolute atomic E-state index is 0.0135. The molecule has 0 saturated heterocycles. The first-order chi connectivity index (χ1) is 12.3. The van der Waals surface area contributed by atoms with Gasteiger partial charge in [-0.15, -0.1) is 0 Å². The third-order valence-corrected chi connectivity index (χ3v) is 3.65. The quantitative estimate of drug-likeness (QED) is 0.588. The molecule has 0 saturated carbocycles. The van der Waals surface area contributed by atoms with Crippen molar-refractivity contribution in [1.82, 2.24) is 5.32 Å². The molecule has 0 aromatic heterocycles. The standard InChI is InChI=1S/C18H24N2O6/c1-12(10-16(22)25-2)17(23)20-14(8-9-15(19)21)18(24)26-11-13-6-4-3-5-7-13/h3-7,12,14H,8-11H2,1-2H3,(H2,19,21)(H,20,23)/t12?,14-/m0/s1. The van der Waals surface area contributed by atoms with E-state index in [0.29, 0.717) is 0 Å². The van der Waals surface area contributed by atoms with Gasteiger partial charge in [0.2, 0.25) is 11.8 Å². The maximum absolute atomic E-state index is 12.3. The first-order valence-electron chi connectivity index (χ1n) is 8.19. The van der Waals surface area contributed by atoms with E-state index in [-0.39, 0.29) is 25.9 Å². The van der Waals surface area contributed by atoms with Crippen LogP contribution in [0.25, 0.3) is 0 Å². The van der Waals surface area contributed by atoms with E-state index in [1.54, 1.807) is 12.1 Å². The highest BCUT2D eigenvalue weighted by molar-refractivity contribution is 5.88. The summed E-state index contributed by atoms with van der Waals surface area (Å²) in [6.07, 6.45) is -0.194. The Labute approximate surface area is 152 Å². The maximum Gasteiger partial charge on any atom is 0.328 e. The topological polar surface area (TPSA) is 125 Å². The average Bonchev–Trinajstić information content (AvgIpc) is 2.63. The summed E-state index contributed by atoms with van der Waals surface area (Å²) in [7, 11) is 1.23. The highest BCUT2D eigenvalue weighted by Gasteiger charge is 2.26. The third kappa shape index (κ3) is 7.78. The Morgan fingerprint density at radius 2 is 1.81 bits per heavy atom. The molecule has 26 heavy (non-hydrogen) atoms. The molecule has 0 aliphatic heterocycles. The summed E-state index contributed by atoms with van der Waals surface area (Å²) in [5.41, 5.74) is 5.91. The van der Waals surface area contributed by atoms with Crippen LogP contribution in [-0.2, 0) is 35.3 Å². The van der Waals surface area contributed by atoms with Crippen LogP contribution in [0, 0.1) is 5.92 Å². The molecular weight excluding hydrogens is 340 g/mol. The number of nitrogens with two attached hydrogens (primary N) is 1. The summed E-state index contributed by atoms with van der Waals surface area (Å²) < 4.78 is 9.73. The predicted molar refractivity (Wildman–Crippen MR) is 92.4 cm³/mol. The Hall–Kier alpha value is -2.90. The Balaban J connectivity index is 2.67. The van der Waals surface area contributed by atoms with Crippen molar-refractivity contribution in [3.05, 3.63) is 35.9 Å². The number of carbonyl (C=O) groups excluding carboxylic acids is 4. The number of benzene rings is 1. The van der Waals surface area contributed by atoms with Crippen molar-refractivity contribution in [2.75, 3.05) is 7.11 Å². The normalized spacial score (nSPS) is 12.5. The molecule has 0 aliphatic rings. The number of ether oxygens (including phenoxy) is 2. The zero-order chi connectivity index (χ0) is 19.5. The van der Waals surface area contributed by atoms with Crippen molar-refractivity contribution in [1.29, 1.82) is 0 Å². The van der Waals surface area contributed by atoms with Crippen LogP contribution in [0.1, 0.15) is 31.7 Å². The molecule has 1 unspecified atom stereocenters. The van der Waals surface area contributed by atoms with Crippen LogP contribution in [0.5, 0.6) is 0 Å². The molecule has 8 nitrogen and oxygen atoms in total. The Kier molecular flexibility index (Phi) is 8.83. The number of esters is 2. The molecule has 1 rings (SSSR count). The molecule has 1 aromatic carbocycles. The van der Waals surface area contributed by atoms with Crippen LogP contribution >= 0.6 is 0 Å². The number of primary amides is 1. The van der Waals surface area contributed by atoms with E-state index in [4.69, 9.17) is 10.5 Å². The van der Waals surface area contributed by atoms with Crippen molar-refractivity contribution in [2.24, 2.45) is 11.7 Å². The molecule has 2 amide bonds. The summed E-state index contributed by atoms with van der Waals surface area (Å²) in [5.74, 6) is -3.01. The fraction of sp³-hybridized carbons (Fsp3) is 0.444. The van der Waals surface area contributed by atoms with Gasteiger partial charge in [-0.3, -0.25) is 14.4 Å². The lowest BCUT2D eigenvalue weighted by molar-refractivity contribution is -0.150. The van der Waals surface area contributed by atoms with Crippen LogP contribution in [0.15, 0.2) is 30.3 Å². The van der Waals surface area contributed by atoms with Crippen LogP contribution in [0.4, 0.5) is 0 Å². The zero-order valence-corrected chi connectivity index (χ0v) is 14.9. The largest absolute Gasteiger partial charge is 0.469 e. The van der Waals surface area contributed by atoms with Crippen molar-refractivity contribution in [3.63, 3.8) is 0 Å². The number of rotatable bonds is 10. The second-order valence-corrected chi connectivity index (χ2v) is 5.84. The van der Waals surface area contributed by atoms with Gasteiger partial charge in [0.15, 0.2) is 0 Å². The molecule has 1 aromatic rings. The summed E-state index contributed by atoms with van der Waals surface area (Å²) in [6, 6.07) is 8.02. The van der Waals surface area contributed by atoms with Gasteiger partial charge < -0.3 is 20.5 Å². The molecule has 0 fully saturated rings. The van der Waals surface area contributed by atoms with Gasteiger partial charge in [-0.1, -0.05) is 37.3 Å². The summed E-state index contributed by atoms with van der Waals surface area (Å²) in [4.78, 5) is 46.7. The first-order valence-corrected chi connectivity index (χ1v) is 8.19. The minimum atomic E-state index is -1.03. The van der Waals surface area contributed by atoms with Crippen LogP contribution in [0.3, 0.4) is 0 Å². The third-order valence-electron chi connectivity index (χ3n) is 3.65. The summed E-state index contributed by atoms with van der Waals surface area (Å²) in [6.45, 7) is 1.58. The van der Waals surface area contributed by atoms with Crippen LogP contribution in [-0.4, -0.2) is 36.9 Å². The number of methoxy groups -OCH3 is 1. The summed E-state index contributed by atoms with van der Waals surface area (Å²) >= 11 is 0. The smallest absolute Gasteiger partial charge is 0.328 e. The second-order valence-electron chi connectivity index (χ2n) is 5.84. The van der Waals surface area contributed by atoms with Gasteiger partial charge in [-0.25, -0.2) is 4.79 Å². The molecule has 0 heterocycles. The molecule has 8 heteroatoms. The second kappa shape index (κ2) is 10.9. The molecular formula is C18H24N2O6. The number of amides is 2. The van der Waals surface area contributed by atoms with Crippen molar-refractivity contribution < 1.29 is 28.7 Å². The van der Waals surface area contributed by atoms with Gasteiger partial charge in [-0.2, -0.15) is 0 Å². The molecule has 0 aliphatic carbocycles. The number of hydrogen-bond acceptors (Lipinski definition) is 6. The van der Waals surface area contributed by atoms with Gasteiger partial charge in [0.05, 0.1) is 13.5 Å². The van der Waals surface area contributed by atoms with Crippen LogP contribution in [0.2, 0.25) is 0 Å². The highest BCUT2D eigenvalue weighted by atomic mass is 16.5. The molecule has 0 spiro atoms. The van der Waals surface area contributed by atoms with Crippen molar-refractivity contribution in [2.45, 2.75) is 38.8 Å². The zero-order valence-electron chi connectivity index (χ0n) is 14.9. The fourth-order valence-corrected chi connectivity index (χ4v) is 2.10. The Morgan fingerprint density at radius 3 is 2.38 bits per heavy atom. The van der Waals surface area contributed by atoms with Crippen LogP contribution < -0.4 is 11.1 Å². The van der Waals surface area contributed by atoms with E-state index in [9.17, 15) is 19.2 Å². The summed E-state index contributed by atoms with van der Waals surface area (Å²) in [5, 5.41) is 2.51. The van der Waals surface area contributed by atoms with Crippen molar-refractivity contribution in [3.8, 4) is 0 Å². The number of carbonyl (C=O) groups is 4. The van der Waals surface area contributed by atoms with E-state index in [2.05, 4.69) is 10.1 Å². The van der Waals surface area contributed by atoms with Gasteiger partial charge in [-0.05, 0) is 12.0 Å². The van der Waals surface area contributed by atoms with E-state index in [1.165, 1.54) is 14.0 Å². The molecule has 3 N–H and O–H groups in total. The lowest BCUT2D eigenvalue weighted by Gasteiger charge is -2.19. The number of nitrogens with one attached hydrogen (secondary N) is 1. The van der Waals surface area contributed by atoms with E-state index >= 15 is 0 Å². The van der Waals surface area contributed by atoms with E-state index in [1.807, 2.05) is 18.2 Å². The first kappa shape index (κ1) is 21.1. The molecule has 2 atom stereocenters. The Morgan fingerprint density at radius 1 is 1.15 bits per heavy atom. The monoisotopic (exact) mass is 364 g/mol. The van der Waals surface area contributed by atoms with Gasteiger partial charge in [0, 0.05) is 12.3 Å². The molecule has 0 radical (unpaired) electrons.